The predicted molar refractivity (Wildman–Crippen MR) is 95.0 cm³/mol. The molecule has 2 aromatic carbocycles. The van der Waals surface area contributed by atoms with Crippen LogP contribution in [0.4, 0.5) is 0 Å². The highest BCUT2D eigenvalue weighted by Gasteiger charge is 2.30. The van der Waals surface area contributed by atoms with Gasteiger partial charge in [0.1, 0.15) is 6.10 Å². The minimum Gasteiger partial charge on any atom is -0.394 e. The maximum Gasteiger partial charge on any atom is 0.283 e. The molecule has 0 saturated carbocycles. The monoisotopic (exact) mass is 378 g/mol. The lowest BCUT2D eigenvalue weighted by molar-refractivity contribution is -0.742. The number of allylic oxidation sites excluding steroid dienone is 1. The van der Waals surface area contributed by atoms with Crippen LogP contribution in [-0.2, 0) is 4.84 Å². The summed E-state index contributed by atoms with van der Waals surface area (Å²) in [6.07, 6.45) is 0.932. The van der Waals surface area contributed by atoms with Gasteiger partial charge in [-0.2, -0.15) is 0 Å². The number of nitro groups is 1. The molecule has 3 rings (SSSR count). The normalized spacial score (nSPS) is 17.5. The molecular formula is C17H12Cl2N2O4. The van der Waals surface area contributed by atoms with Crippen LogP contribution in [0.5, 0.6) is 0 Å². The minimum absolute atomic E-state index is 0.168. The van der Waals surface area contributed by atoms with E-state index < -0.39 is 11.0 Å². The van der Waals surface area contributed by atoms with E-state index in [4.69, 9.17) is 28.0 Å². The van der Waals surface area contributed by atoms with Crippen molar-refractivity contribution in [2.45, 2.75) is 12.5 Å². The summed E-state index contributed by atoms with van der Waals surface area (Å²) in [5.74, 6) is 0. The molecule has 8 heteroatoms. The van der Waals surface area contributed by atoms with Gasteiger partial charge in [-0.25, -0.2) is 0 Å². The van der Waals surface area contributed by atoms with Gasteiger partial charge in [-0.15, -0.1) is 0 Å². The van der Waals surface area contributed by atoms with Crippen LogP contribution in [0.15, 0.2) is 54.6 Å². The molecule has 0 radical (unpaired) electrons. The molecule has 1 atom stereocenters. The van der Waals surface area contributed by atoms with E-state index >= 15 is 0 Å². The summed E-state index contributed by atoms with van der Waals surface area (Å²) in [5, 5.41) is 24.4. The second-order valence-electron chi connectivity index (χ2n) is 5.39. The fraction of sp³-hybridized carbons (Fsp3) is 0.118. The van der Waals surface area contributed by atoms with Crippen molar-refractivity contribution < 1.29 is 14.7 Å². The van der Waals surface area contributed by atoms with E-state index in [1.54, 1.807) is 36.4 Å². The zero-order valence-electron chi connectivity index (χ0n) is 12.8. The van der Waals surface area contributed by atoms with Crippen LogP contribution in [0.1, 0.15) is 23.7 Å². The van der Waals surface area contributed by atoms with Crippen LogP contribution in [0.25, 0.3) is 5.70 Å². The summed E-state index contributed by atoms with van der Waals surface area (Å²) in [7, 11) is 0. The summed E-state index contributed by atoms with van der Waals surface area (Å²) >= 11 is 11.7. The summed E-state index contributed by atoms with van der Waals surface area (Å²) < 4.78 is 0. The van der Waals surface area contributed by atoms with Gasteiger partial charge in [-0.1, -0.05) is 35.3 Å². The summed E-state index contributed by atoms with van der Waals surface area (Å²) in [5.41, 5.74) is 1.09. The highest BCUT2D eigenvalue weighted by atomic mass is 35.5. The smallest absolute Gasteiger partial charge is 0.283 e. The van der Waals surface area contributed by atoms with Crippen LogP contribution in [0, 0.1) is 15.3 Å². The van der Waals surface area contributed by atoms with Crippen molar-refractivity contribution in [2.24, 2.45) is 0 Å². The molecule has 1 aliphatic rings. The van der Waals surface area contributed by atoms with E-state index in [1.807, 2.05) is 0 Å². The Morgan fingerprint density at radius 3 is 2.24 bits per heavy atom. The highest BCUT2D eigenvalue weighted by Crippen LogP contribution is 2.29. The largest absolute Gasteiger partial charge is 0.394 e. The lowest BCUT2D eigenvalue weighted by Crippen LogP contribution is -2.07. The highest BCUT2D eigenvalue weighted by molar-refractivity contribution is 6.30. The topological polar surface area (TPSA) is 78.4 Å². The van der Waals surface area contributed by atoms with Gasteiger partial charge in [0.2, 0.25) is 0 Å². The molecule has 0 bridgehead atoms. The van der Waals surface area contributed by atoms with Gasteiger partial charge >= 0.3 is 0 Å². The zero-order valence-corrected chi connectivity index (χ0v) is 14.3. The average Bonchev–Trinajstić information content (AvgIpc) is 2.95. The molecule has 128 valence electrons. The van der Waals surface area contributed by atoms with E-state index in [1.165, 1.54) is 18.2 Å². The Labute approximate surface area is 153 Å². The fourth-order valence-corrected chi connectivity index (χ4v) is 2.72. The molecule has 0 fully saturated rings. The van der Waals surface area contributed by atoms with E-state index in [0.29, 0.717) is 20.5 Å². The number of hydrogen-bond acceptors (Lipinski definition) is 4. The van der Waals surface area contributed by atoms with Gasteiger partial charge in [-0.05, 0) is 42.0 Å². The van der Waals surface area contributed by atoms with Crippen LogP contribution in [0.2, 0.25) is 10.0 Å². The zero-order chi connectivity index (χ0) is 18.0. The molecule has 1 heterocycles. The number of hydrogen-bond donors (Lipinski definition) is 0. The van der Waals surface area contributed by atoms with Crippen molar-refractivity contribution in [1.29, 1.82) is 0 Å². The first-order chi connectivity index (χ1) is 11.9. The summed E-state index contributed by atoms with van der Waals surface area (Å²) in [4.78, 5) is 16.4. The molecule has 0 aromatic heterocycles. The Balaban J connectivity index is 1.87. The standard InChI is InChI=1S/C17H12Cl2N2O4/c18-13-5-1-11(2-6-13)16(20(22)23)9-15-10-17(25-21(15)24)12-3-7-14(19)8-4-12/h1-9,17H,10H2/b16-9+. The lowest BCUT2D eigenvalue weighted by atomic mass is 10.0. The minimum atomic E-state index is -0.542. The molecular weight excluding hydrogens is 367 g/mol. The Kier molecular flexibility index (Phi) is 4.92. The van der Waals surface area contributed by atoms with Gasteiger partial charge in [0, 0.05) is 14.9 Å². The quantitative estimate of drug-likeness (QED) is 0.441. The molecule has 0 saturated heterocycles. The van der Waals surface area contributed by atoms with E-state index in [9.17, 15) is 15.3 Å². The third kappa shape index (κ3) is 3.92. The van der Waals surface area contributed by atoms with Gasteiger partial charge < -0.3 is 4.84 Å². The first-order valence-electron chi connectivity index (χ1n) is 7.31. The molecule has 2 aromatic rings. The molecule has 0 aliphatic carbocycles. The third-order valence-electron chi connectivity index (χ3n) is 3.73. The van der Waals surface area contributed by atoms with Crippen LogP contribution in [0.3, 0.4) is 0 Å². The molecule has 1 aliphatic heterocycles. The molecule has 1 unspecified atom stereocenters. The molecule has 25 heavy (non-hydrogen) atoms. The van der Waals surface area contributed by atoms with Crippen molar-refractivity contribution in [3.63, 3.8) is 0 Å². The van der Waals surface area contributed by atoms with Gasteiger partial charge in [0.15, 0.2) is 0 Å². The number of rotatable bonds is 4. The third-order valence-corrected chi connectivity index (χ3v) is 4.24. The molecule has 0 N–H and O–H groups in total. The predicted octanol–water partition coefficient (Wildman–Crippen LogP) is 4.64. The maximum absolute atomic E-state index is 12.0. The van der Waals surface area contributed by atoms with Crippen molar-refractivity contribution in [2.75, 3.05) is 0 Å². The van der Waals surface area contributed by atoms with E-state index in [-0.39, 0.29) is 17.8 Å². The molecule has 0 amide bonds. The Bertz CT molecular complexity index is 861. The van der Waals surface area contributed by atoms with Crippen LogP contribution < -0.4 is 0 Å². The molecule has 6 nitrogen and oxygen atoms in total. The second kappa shape index (κ2) is 7.13. The average molecular weight is 379 g/mol. The van der Waals surface area contributed by atoms with Crippen molar-refractivity contribution in [3.8, 4) is 0 Å². The fourth-order valence-electron chi connectivity index (χ4n) is 2.47. The molecule has 0 spiro atoms. The number of benzene rings is 2. The van der Waals surface area contributed by atoms with Gasteiger partial charge in [0.25, 0.3) is 11.4 Å². The first kappa shape index (κ1) is 17.3. The van der Waals surface area contributed by atoms with Crippen molar-refractivity contribution in [3.05, 3.63) is 91.1 Å². The number of halogens is 2. The van der Waals surface area contributed by atoms with Crippen LogP contribution >= 0.6 is 23.2 Å². The lowest BCUT2D eigenvalue weighted by Gasteiger charge is -2.11. The van der Waals surface area contributed by atoms with Gasteiger partial charge in [-0.3, -0.25) is 15.3 Å². The van der Waals surface area contributed by atoms with Crippen molar-refractivity contribution in [1.82, 2.24) is 0 Å². The van der Waals surface area contributed by atoms with E-state index in [0.717, 1.165) is 5.56 Å². The maximum atomic E-state index is 12.0. The second-order valence-corrected chi connectivity index (χ2v) is 6.26. The van der Waals surface area contributed by atoms with Crippen molar-refractivity contribution >= 4 is 34.6 Å². The Hall–Kier alpha value is -2.57. The Morgan fingerprint density at radius 1 is 1.12 bits per heavy atom. The Morgan fingerprint density at radius 2 is 1.68 bits per heavy atom. The van der Waals surface area contributed by atoms with Gasteiger partial charge in [0.05, 0.1) is 23.0 Å². The number of nitrogens with zero attached hydrogens (tertiary/aromatic N) is 2. The van der Waals surface area contributed by atoms with E-state index in [2.05, 4.69) is 0 Å². The summed E-state index contributed by atoms with van der Waals surface area (Å²) in [6, 6.07) is 13.0. The van der Waals surface area contributed by atoms with Crippen LogP contribution in [-0.4, -0.2) is 15.5 Å². The SMILES string of the molecule is O=[N+]([O-])/C(=C/C1=[N+]([O-])OC(c2ccc(Cl)cc2)C1)c1ccc(Cl)cc1. The first-order valence-corrected chi connectivity index (χ1v) is 8.07. The summed E-state index contributed by atoms with van der Waals surface area (Å²) in [6.45, 7) is 0.